The average Bonchev–Trinajstić information content (AvgIpc) is 2.96. The number of β-lactam (4-membered cyclic amide) rings is 1. The van der Waals surface area contributed by atoms with Crippen molar-refractivity contribution in [2.45, 2.75) is 21.7 Å². The fourth-order valence-corrected chi connectivity index (χ4v) is 8.04. The van der Waals surface area contributed by atoms with Gasteiger partial charge in [-0.2, -0.15) is 0 Å². The van der Waals surface area contributed by atoms with Crippen LogP contribution in [0, 0.1) is 0 Å². The molecule has 6 rings (SSSR count). The summed E-state index contributed by atoms with van der Waals surface area (Å²) in [6, 6.07) is 19.7. The Morgan fingerprint density at radius 3 is 2.37 bits per heavy atom. The maximum absolute atomic E-state index is 13.9. The molecule has 8 nitrogen and oxygen atoms in total. The number of amides is 1. The third-order valence-corrected chi connectivity index (χ3v) is 9.86. The lowest BCUT2D eigenvalue weighted by atomic mass is 10.0. The first-order valence-corrected chi connectivity index (χ1v) is 14.4. The van der Waals surface area contributed by atoms with Crippen LogP contribution in [0.5, 0.6) is 0 Å². The second-order valence-electron chi connectivity index (χ2n) is 8.56. The summed E-state index contributed by atoms with van der Waals surface area (Å²) in [7, 11) is 0. The summed E-state index contributed by atoms with van der Waals surface area (Å²) in [6.07, 6.45) is 2.34. The van der Waals surface area contributed by atoms with E-state index in [4.69, 9.17) is 10.5 Å². The molecule has 0 spiro atoms. The van der Waals surface area contributed by atoms with Gasteiger partial charge in [-0.05, 0) is 11.1 Å². The minimum Gasteiger partial charge on any atom is -0.448 e. The molecule has 2 aliphatic heterocycles. The summed E-state index contributed by atoms with van der Waals surface area (Å²) >= 11 is 4.05. The monoisotopic (exact) mass is 560 g/mol. The third-order valence-electron chi connectivity index (χ3n) is 6.17. The molecule has 1 saturated heterocycles. The number of aromatic nitrogens is 2. The lowest BCUT2D eigenvalue weighted by Gasteiger charge is -2.48. The Labute approximate surface area is 229 Å². The van der Waals surface area contributed by atoms with Gasteiger partial charge in [-0.15, -0.1) is 23.1 Å². The van der Waals surface area contributed by atoms with Gasteiger partial charge in [-0.25, -0.2) is 14.8 Å². The van der Waals surface area contributed by atoms with Crippen molar-refractivity contribution in [3.63, 3.8) is 0 Å². The summed E-state index contributed by atoms with van der Waals surface area (Å²) in [6.45, 7) is 0. The smallest absolute Gasteiger partial charge is 0.356 e. The molecule has 0 aliphatic carbocycles. The number of thioether (sulfide) groups is 2. The maximum atomic E-state index is 13.9. The van der Waals surface area contributed by atoms with E-state index < -0.39 is 18.1 Å². The van der Waals surface area contributed by atoms with Crippen molar-refractivity contribution >= 4 is 57.1 Å². The van der Waals surface area contributed by atoms with Crippen LogP contribution in [0.25, 0.3) is 10.3 Å². The van der Waals surface area contributed by atoms with Gasteiger partial charge in [-0.3, -0.25) is 14.5 Å². The van der Waals surface area contributed by atoms with Gasteiger partial charge in [0.15, 0.2) is 6.10 Å². The molecule has 1 fully saturated rings. The Bertz CT molecular complexity index is 1590. The zero-order valence-electron chi connectivity index (χ0n) is 19.7. The number of hydrogen-bond acceptors (Lipinski definition) is 10. The molecule has 4 aromatic rings. The maximum Gasteiger partial charge on any atom is 0.356 e. The van der Waals surface area contributed by atoms with E-state index in [2.05, 4.69) is 9.97 Å². The highest BCUT2D eigenvalue weighted by molar-refractivity contribution is 8.07. The van der Waals surface area contributed by atoms with Crippen molar-refractivity contribution in [2.75, 3.05) is 5.75 Å². The fourth-order valence-electron chi connectivity index (χ4n) is 4.34. The first-order chi connectivity index (χ1) is 18.5. The van der Waals surface area contributed by atoms with Crippen molar-refractivity contribution in [1.82, 2.24) is 14.9 Å². The van der Waals surface area contributed by atoms with Crippen LogP contribution in [-0.2, 0) is 14.3 Å². The van der Waals surface area contributed by atoms with Crippen LogP contribution in [0.3, 0.4) is 0 Å². The average molecular weight is 561 g/mol. The molecular weight excluding hydrogens is 541 g/mol. The van der Waals surface area contributed by atoms with E-state index in [9.17, 15) is 14.4 Å². The van der Waals surface area contributed by atoms with Gasteiger partial charge < -0.3 is 10.5 Å². The number of benzene rings is 2. The zero-order chi connectivity index (χ0) is 26.2. The van der Waals surface area contributed by atoms with Crippen LogP contribution in [-0.4, -0.2) is 43.9 Å². The SMILES string of the molecule is N[C@@H]1C(=O)N2C(C(=O)OC(c3ccccc3)c3ccccc3)=C(Sc3cc(=O)c4nccnc4s3)CS[C@@H]12. The van der Waals surface area contributed by atoms with Gasteiger partial charge >= 0.3 is 5.97 Å². The van der Waals surface area contributed by atoms with Gasteiger partial charge in [0.1, 0.15) is 27.5 Å². The second kappa shape index (κ2) is 10.3. The van der Waals surface area contributed by atoms with Crippen LogP contribution in [0.4, 0.5) is 0 Å². The van der Waals surface area contributed by atoms with Crippen LogP contribution in [0.1, 0.15) is 17.2 Å². The molecule has 2 aromatic heterocycles. The Morgan fingerprint density at radius 2 is 1.68 bits per heavy atom. The summed E-state index contributed by atoms with van der Waals surface area (Å²) in [5, 5.41) is -0.345. The molecule has 2 aromatic carbocycles. The first-order valence-electron chi connectivity index (χ1n) is 11.7. The molecule has 2 atom stereocenters. The van der Waals surface area contributed by atoms with Crippen LogP contribution in [0.2, 0.25) is 0 Å². The highest BCUT2D eigenvalue weighted by Crippen LogP contribution is 2.46. The standard InChI is InChI=1S/C27H20N4O4S3/c28-20-25(33)31-22(27(34)35-23(15-7-3-1-4-8-15)16-9-5-2-6-10-16)18(14-36-26(20)31)37-19-13-17(32)21-24(38-19)30-12-11-29-21/h1-13,20,23,26H,14,28H2/t20-,26+/m1/s1. The summed E-state index contributed by atoms with van der Waals surface area (Å²) < 4.78 is 6.77. The van der Waals surface area contributed by atoms with Gasteiger partial charge in [0.2, 0.25) is 11.3 Å². The Hall–Kier alpha value is -3.51. The highest BCUT2D eigenvalue weighted by Gasteiger charge is 2.52. The lowest BCUT2D eigenvalue weighted by molar-refractivity contribution is -0.152. The Kier molecular flexibility index (Phi) is 6.75. The molecule has 2 aliphatic rings. The number of rotatable bonds is 6. The Balaban J connectivity index is 1.40. The van der Waals surface area contributed by atoms with E-state index in [1.54, 1.807) is 0 Å². The Morgan fingerprint density at radius 1 is 1.03 bits per heavy atom. The second-order valence-corrected chi connectivity index (χ2v) is 12.1. The van der Waals surface area contributed by atoms with Crippen LogP contribution in [0.15, 0.2) is 98.7 Å². The molecule has 0 saturated carbocycles. The van der Waals surface area contributed by atoms with Gasteiger partial charge in [-0.1, -0.05) is 72.4 Å². The summed E-state index contributed by atoms with van der Waals surface area (Å²) in [5.41, 5.74) is 7.88. The molecule has 4 heterocycles. The van der Waals surface area contributed by atoms with Crippen molar-refractivity contribution < 1.29 is 14.3 Å². The molecule has 0 bridgehead atoms. The largest absolute Gasteiger partial charge is 0.448 e. The zero-order valence-corrected chi connectivity index (χ0v) is 22.2. The molecule has 11 heteroatoms. The number of carbonyl (C=O) groups is 2. The van der Waals surface area contributed by atoms with Crippen molar-refractivity contribution in [3.8, 4) is 0 Å². The quantitative estimate of drug-likeness (QED) is 0.277. The number of carbonyl (C=O) groups excluding carboxylic acids is 2. The number of esters is 1. The van der Waals surface area contributed by atoms with Crippen LogP contribution >= 0.6 is 34.9 Å². The number of ether oxygens (including phenoxy) is 1. The topological polar surface area (TPSA) is 115 Å². The number of hydrogen-bond donors (Lipinski definition) is 1. The molecule has 38 heavy (non-hydrogen) atoms. The van der Waals surface area contributed by atoms with Gasteiger partial charge in [0, 0.05) is 29.1 Å². The minimum absolute atomic E-state index is 0.168. The molecule has 1 amide bonds. The summed E-state index contributed by atoms with van der Waals surface area (Å²) in [4.78, 5) is 50.3. The lowest BCUT2D eigenvalue weighted by Crippen LogP contribution is -2.68. The van der Waals surface area contributed by atoms with Crippen molar-refractivity contribution in [1.29, 1.82) is 0 Å². The first kappa shape index (κ1) is 24.8. The highest BCUT2D eigenvalue weighted by atomic mass is 32.2. The predicted molar refractivity (Wildman–Crippen MR) is 148 cm³/mol. The third kappa shape index (κ3) is 4.51. The van der Waals surface area contributed by atoms with Crippen molar-refractivity contribution in [3.05, 3.63) is 111 Å². The summed E-state index contributed by atoms with van der Waals surface area (Å²) in [5.74, 6) is -0.512. The predicted octanol–water partition coefficient (Wildman–Crippen LogP) is 3.93. The number of nitrogens with zero attached hydrogens (tertiary/aromatic N) is 3. The van der Waals surface area contributed by atoms with Crippen LogP contribution < -0.4 is 11.2 Å². The van der Waals surface area contributed by atoms with E-state index in [1.807, 2.05) is 60.7 Å². The molecule has 0 unspecified atom stereocenters. The molecular formula is C27H20N4O4S3. The number of nitrogens with two attached hydrogens (primary N) is 1. The van der Waals surface area contributed by atoms with E-state index in [0.29, 0.717) is 25.2 Å². The van der Waals surface area contributed by atoms with Gasteiger partial charge in [0.05, 0.1) is 4.21 Å². The molecule has 190 valence electrons. The van der Waals surface area contributed by atoms with E-state index in [1.165, 1.54) is 58.2 Å². The van der Waals surface area contributed by atoms with E-state index >= 15 is 0 Å². The van der Waals surface area contributed by atoms with E-state index in [0.717, 1.165) is 11.1 Å². The fraction of sp³-hybridized carbons (Fsp3) is 0.148. The van der Waals surface area contributed by atoms with E-state index in [-0.39, 0.29) is 22.4 Å². The van der Waals surface area contributed by atoms with Crippen molar-refractivity contribution in [2.24, 2.45) is 5.73 Å². The normalized spacial score (nSPS) is 18.9. The minimum atomic E-state index is -0.680. The number of fused-ring (bicyclic) bond motifs is 2. The van der Waals surface area contributed by atoms with Gasteiger partial charge in [0.25, 0.3) is 0 Å². The molecule has 2 N–H and O–H groups in total. The molecule has 0 radical (unpaired) electrons.